The summed E-state index contributed by atoms with van der Waals surface area (Å²) < 4.78 is 246. The van der Waals surface area contributed by atoms with E-state index in [2.05, 4.69) is 5.32 Å². The molecule has 55 heavy (non-hydrogen) atoms. The second-order valence-corrected chi connectivity index (χ2v) is 12.1. The maximum absolute atomic E-state index is 14.3. The lowest BCUT2D eigenvalue weighted by Gasteiger charge is -2.42. The molecule has 0 saturated carbocycles. The van der Waals surface area contributed by atoms with Crippen molar-refractivity contribution in [3.05, 3.63) is 47.0 Å². The molecule has 0 aromatic heterocycles. The molecule has 3 rings (SSSR count). The number of nitrogens with one attached hydrogen (secondary N) is 1. The van der Waals surface area contributed by atoms with Gasteiger partial charge in [-0.3, -0.25) is 9.59 Å². The highest BCUT2D eigenvalue weighted by atomic mass is 19.4. The summed E-state index contributed by atoms with van der Waals surface area (Å²) in [4.78, 5) is 27.4. The monoisotopic (exact) mass is 830 g/mol. The molecule has 24 heteroatoms. The van der Waals surface area contributed by atoms with Gasteiger partial charge in [-0.15, -0.1) is 0 Å². The van der Waals surface area contributed by atoms with Gasteiger partial charge in [0.05, 0.1) is 44.2 Å². The minimum Gasteiger partial charge on any atom is -0.496 e. The molecule has 1 unspecified atom stereocenters. The van der Waals surface area contributed by atoms with Crippen LogP contribution in [-0.2, 0) is 11.3 Å². The third-order valence-electron chi connectivity index (χ3n) is 8.37. The topological polar surface area (TPSA) is 77.1 Å². The number of halogens is 17. The van der Waals surface area contributed by atoms with Gasteiger partial charge in [0.15, 0.2) is 0 Å². The number of methoxy groups -OCH3 is 2. The lowest BCUT2D eigenvalue weighted by molar-refractivity contribution is -0.461. The standard InChI is InChI=1S/C31H27F17N2O5/c1-14-6-7-17-19(10-14)49-22(51)15(2)50(23(17)52)13-18-20(53-3)11-16(12-21(18)54-4)55-9-5-8-24(32,33)25(34,35)26(36,37)27(38,39)28(40,41)29(42,43)30(44,45)31(46,47)48/h6-7,10-12,15H,5,8-9,13H2,1-4H3,(H,49,51). The number of aryl methyl sites for hydroxylation is 1. The summed E-state index contributed by atoms with van der Waals surface area (Å²) in [5.41, 5.74) is 1.12. The fourth-order valence-corrected chi connectivity index (χ4v) is 5.07. The molecule has 2 aromatic carbocycles. The summed E-state index contributed by atoms with van der Waals surface area (Å²) in [5.74, 6) is -58.9. The molecule has 310 valence electrons. The Kier molecular flexibility index (Phi) is 11.9. The fraction of sp³-hybridized carbons (Fsp3) is 0.548. The molecule has 7 nitrogen and oxygen atoms in total. The van der Waals surface area contributed by atoms with E-state index in [0.29, 0.717) is 5.56 Å². The molecular weight excluding hydrogens is 803 g/mol. The van der Waals surface area contributed by atoms with Crippen LogP contribution < -0.4 is 19.5 Å². The second kappa shape index (κ2) is 14.6. The number of anilines is 1. The maximum atomic E-state index is 14.3. The van der Waals surface area contributed by atoms with Crippen molar-refractivity contribution in [2.24, 2.45) is 0 Å². The van der Waals surface area contributed by atoms with Crippen LogP contribution in [0.5, 0.6) is 17.2 Å². The van der Waals surface area contributed by atoms with Crippen molar-refractivity contribution in [3.63, 3.8) is 0 Å². The van der Waals surface area contributed by atoms with Gasteiger partial charge in [-0.05, 0) is 38.0 Å². The summed E-state index contributed by atoms with van der Waals surface area (Å²) in [7, 11) is 2.17. The largest absolute Gasteiger partial charge is 0.496 e. The van der Waals surface area contributed by atoms with E-state index in [1.165, 1.54) is 13.0 Å². The number of nitrogens with zero attached hydrogens (tertiary/aromatic N) is 1. The zero-order valence-electron chi connectivity index (χ0n) is 28.2. The van der Waals surface area contributed by atoms with Crippen LogP contribution in [0, 0.1) is 6.92 Å². The van der Waals surface area contributed by atoms with E-state index in [4.69, 9.17) is 14.2 Å². The Morgan fingerprint density at radius 3 is 1.64 bits per heavy atom. The van der Waals surface area contributed by atoms with Gasteiger partial charge in [0.2, 0.25) is 5.91 Å². The Morgan fingerprint density at radius 2 is 1.16 bits per heavy atom. The Labute approximate surface area is 298 Å². The Balaban J connectivity index is 1.82. The zero-order chi connectivity index (χ0) is 42.5. The summed E-state index contributed by atoms with van der Waals surface area (Å²) in [6.45, 7) is 1.52. The van der Waals surface area contributed by atoms with Gasteiger partial charge in [-0.2, -0.15) is 74.6 Å². The van der Waals surface area contributed by atoms with Crippen molar-refractivity contribution in [1.29, 1.82) is 0 Å². The molecule has 0 radical (unpaired) electrons. The van der Waals surface area contributed by atoms with Crippen LogP contribution in [0.25, 0.3) is 0 Å². The molecule has 2 aromatic rings. The Bertz CT molecular complexity index is 1740. The van der Waals surface area contributed by atoms with Crippen LogP contribution in [0.1, 0.15) is 41.3 Å². The first-order chi connectivity index (χ1) is 24.8. The lowest BCUT2D eigenvalue weighted by atomic mass is 9.88. The van der Waals surface area contributed by atoms with Gasteiger partial charge in [0, 0.05) is 18.6 Å². The molecule has 1 atom stereocenters. The number of alkyl halides is 17. The van der Waals surface area contributed by atoms with Gasteiger partial charge in [-0.25, -0.2) is 0 Å². The van der Waals surface area contributed by atoms with Gasteiger partial charge in [-0.1, -0.05) is 6.07 Å². The van der Waals surface area contributed by atoms with Crippen LogP contribution in [-0.4, -0.2) is 91.2 Å². The lowest BCUT2D eigenvalue weighted by Crippen LogP contribution is -2.74. The van der Waals surface area contributed by atoms with Crippen molar-refractivity contribution in [3.8, 4) is 17.2 Å². The molecule has 1 heterocycles. The van der Waals surface area contributed by atoms with Crippen molar-refractivity contribution >= 4 is 17.5 Å². The van der Waals surface area contributed by atoms with Crippen molar-refractivity contribution < 1.29 is 98.4 Å². The highest BCUT2D eigenvalue weighted by molar-refractivity contribution is 6.09. The molecule has 0 fully saturated rings. The SMILES string of the molecule is COc1cc(OCCCC(F)(F)C(F)(F)C(F)(F)C(F)(F)C(F)(F)C(F)(F)C(F)(F)C(F)(F)F)cc(OC)c1CN1C(=O)c2ccc(C)cc2NC(=O)C1C. The number of carbonyl (C=O) groups is 2. The molecule has 0 bridgehead atoms. The van der Waals surface area contributed by atoms with Gasteiger partial charge < -0.3 is 24.4 Å². The molecule has 0 spiro atoms. The smallest absolute Gasteiger partial charge is 0.460 e. The van der Waals surface area contributed by atoms with Crippen molar-refractivity contribution in [1.82, 2.24) is 4.90 Å². The molecule has 0 saturated heterocycles. The predicted molar refractivity (Wildman–Crippen MR) is 154 cm³/mol. The van der Waals surface area contributed by atoms with Crippen LogP contribution >= 0.6 is 0 Å². The van der Waals surface area contributed by atoms with Gasteiger partial charge >= 0.3 is 47.6 Å². The molecule has 1 aliphatic heterocycles. The summed E-state index contributed by atoms with van der Waals surface area (Å²) >= 11 is 0. The average Bonchev–Trinajstić information content (AvgIpc) is 3.15. The number of hydrogen-bond donors (Lipinski definition) is 1. The van der Waals surface area contributed by atoms with Gasteiger partial charge in [0.1, 0.15) is 23.3 Å². The quantitative estimate of drug-likeness (QED) is 0.143. The number of benzene rings is 2. The zero-order valence-corrected chi connectivity index (χ0v) is 28.2. The van der Waals surface area contributed by atoms with E-state index >= 15 is 0 Å². The summed E-state index contributed by atoms with van der Waals surface area (Å²) in [6.07, 6.45) is -12.0. The first-order valence-electron chi connectivity index (χ1n) is 15.1. The second-order valence-electron chi connectivity index (χ2n) is 12.1. The molecule has 2 amide bonds. The first-order valence-corrected chi connectivity index (χ1v) is 15.1. The van der Waals surface area contributed by atoms with E-state index in [9.17, 15) is 84.2 Å². The molecule has 0 aliphatic carbocycles. The van der Waals surface area contributed by atoms with Crippen LogP contribution in [0.3, 0.4) is 0 Å². The first kappa shape index (κ1) is 45.0. The highest BCUT2D eigenvalue weighted by Crippen LogP contribution is 2.64. The van der Waals surface area contributed by atoms with E-state index in [1.54, 1.807) is 19.1 Å². The van der Waals surface area contributed by atoms with Crippen LogP contribution in [0.4, 0.5) is 80.3 Å². The number of hydrogen-bond acceptors (Lipinski definition) is 5. The number of fused-ring (bicyclic) bond motifs is 1. The predicted octanol–water partition coefficient (Wildman–Crippen LogP) is 9.16. The van der Waals surface area contributed by atoms with Gasteiger partial charge in [0.25, 0.3) is 5.91 Å². The van der Waals surface area contributed by atoms with Crippen LogP contribution in [0.15, 0.2) is 30.3 Å². The van der Waals surface area contributed by atoms with Crippen LogP contribution in [0.2, 0.25) is 0 Å². The molecule has 1 aliphatic rings. The number of carbonyl (C=O) groups excluding carboxylic acids is 2. The summed E-state index contributed by atoms with van der Waals surface area (Å²) in [5, 5.41) is 2.62. The molecule has 1 N–H and O–H groups in total. The average molecular weight is 831 g/mol. The number of amides is 2. The Hall–Kier alpha value is -4.41. The Morgan fingerprint density at radius 1 is 0.691 bits per heavy atom. The highest BCUT2D eigenvalue weighted by Gasteiger charge is 2.95. The molecular formula is C31H27F17N2O5. The normalized spacial score (nSPS) is 16.7. The number of rotatable bonds is 15. The van der Waals surface area contributed by atoms with E-state index < -0.39 is 90.7 Å². The maximum Gasteiger partial charge on any atom is 0.460 e. The summed E-state index contributed by atoms with van der Waals surface area (Å²) in [6, 6.07) is 5.53. The third-order valence-corrected chi connectivity index (χ3v) is 8.37. The number of ether oxygens (including phenoxy) is 3. The minimum atomic E-state index is -8.70. The third kappa shape index (κ3) is 7.35. The fourth-order valence-electron chi connectivity index (χ4n) is 5.07. The van der Waals surface area contributed by atoms with E-state index in [1.807, 2.05) is 0 Å². The van der Waals surface area contributed by atoms with E-state index in [-0.39, 0.29) is 34.9 Å². The van der Waals surface area contributed by atoms with E-state index in [0.717, 1.165) is 31.3 Å². The van der Waals surface area contributed by atoms with Crippen molar-refractivity contribution in [2.45, 2.75) is 86.9 Å². The minimum absolute atomic E-state index is 0.0747. The van der Waals surface area contributed by atoms with Crippen molar-refractivity contribution in [2.75, 3.05) is 26.1 Å².